The number of aryl methyl sites for hydroxylation is 1. The SMILES string of the molecule is COC(=O)C(Nc1cc2nc(C)sc2cc1N)C(C)C. The van der Waals surface area contributed by atoms with Crippen molar-refractivity contribution in [3.8, 4) is 0 Å². The molecule has 0 spiro atoms. The van der Waals surface area contributed by atoms with E-state index in [-0.39, 0.29) is 11.9 Å². The molecule has 3 N–H and O–H groups in total. The maximum absolute atomic E-state index is 11.8. The Morgan fingerprint density at radius 2 is 2.15 bits per heavy atom. The van der Waals surface area contributed by atoms with Gasteiger partial charge in [-0.3, -0.25) is 0 Å². The van der Waals surface area contributed by atoms with Crippen LogP contribution < -0.4 is 11.1 Å². The van der Waals surface area contributed by atoms with Crippen molar-refractivity contribution in [2.45, 2.75) is 26.8 Å². The molecule has 0 aliphatic rings. The van der Waals surface area contributed by atoms with Gasteiger partial charge in [-0.2, -0.15) is 0 Å². The van der Waals surface area contributed by atoms with Crippen LogP contribution in [0.4, 0.5) is 11.4 Å². The summed E-state index contributed by atoms with van der Waals surface area (Å²) in [6.45, 7) is 5.87. The van der Waals surface area contributed by atoms with Crippen molar-refractivity contribution < 1.29 is 9.53 Å². The number of fused-ring (bicyclic) bond motifs is 1. The molecule has 2 aromatic rings. The molecule has 1 heterocycles. The maximum Gasteiger partial charge on any atom is 0.328 e. The van der Waals surface area contributed by atoms with Crippen LogP contribution >= 0.6 is 11.3 Å². The summed E-state index contributed by atoms with van der Waals surface area (Å²) in [5, 5.41) is 4.15. The molecular formula is C14H19N3O2S. The number of carbonyl (C=O) groups is 1. The zero-order valence-corrected chi connectivity index (χ0v) is 12.9. The normalized spacial score (nSPS) is 12.7. The van der Waals surface area contributed by atoms with Crippen LogP contribution in [0.25, 0.3) is 10.2 Å². The van der Waals surface area contributed by atoms with Crippen molar-refractivity contribution in [1.82, 2.24) is 4.98 Å². The molecule has 1 unspecified atom stereocenters. The van der Waals surface area contributed by atoms with Gasteiger partial charge in [0.25, 0.3) is 0 Å². The number of thiazole rings is 1. The number of nitrogens with zero attached hydrogens (tertiary/aromatic N) is 1. The van der Waals surface area contributed by atoms with E-state index in [2.05, 4.69) is 10.3 Å². The van der Waals surface area contributed by atoms with Crippen LogP contribution in [0.5, 0.6) is 0 Å². The Labute approximate surface area is 122 Å². The molecule has 2 rings (SSSR count). The number of rotatable bonds is 4. The molecule has 1 atom stereocenters. The first-order chi connectivity index (χ1) is 9.42. The number of esters is 1. The van der Waals surface area contributed by atoms with E-state index in [9.17, 15) is 4.79 Å². The summed E-state index contributed by atoms with van der Waals surface area (Å²) >= 11 is 1.60. The summed E-state index contributed by atoms with van der Waals surface area (Å²) in [6, 6.07) is 3.34. The predicted molar refractivity (Wildman–Crippen MR) is 83.0 cm³/mol. The third-order valence-corrected chi connectivity index (χ3v) is 4.03. The molecule has 0 fully saturated rings. The van der Waals surface area contributed by atoms with Gasteiger partial charge in [0.05, 0.1) is 33.7 Å². The molecule has 1 aromatic heterocycles. The summed E-state index contributed by atoms with van der Waals surface area (Å²) in [5.41, 5.74) is 8.26. The molecule has 0 bridgehead atoms. The summed E-state index contributed by atoms with van der Waals surface area (Å²) < 4.78 is 5.87. The van der Waals surface area contributed by atoms with Crippen molar-refractivity contribution in [2.24, 2.45) is 5.92 Å². The third-order valence-electron chi connectivity index (χ3n) is 3.10. The second-order valence-electron chi connectivity index (χ2n) is 5.03. The van der Waals surface area contributed by atoms with Crippen LogP contribution in [0.3, 0.4) is 0 Å². The average molecular weight is 293 g/mol. The molecule has 0 radical (unpaired) electrons. The van der Waals surface area contributed by atoms with E-state index in [1.165, 1.54) is 7.11 Å². The van der Waals surface area contributed by atoms with Crippen LogP contribution in [0, 0.1) is 12.8 Å². The van der Waals surface area contributed by atoms with Crippen LogP contribution in [-0.4, -0.2) is 24.1 Å². The Morgan fingerprint density at radius 1 is 1.45 bits per heavy atom. The zero-order valence-electron chi connectivity index (χ0n) is 12.1. The number of nitrogens with two attached hydrogens (primary N) is 1. The minimum atomic E-state index is -0.431. The van der Waals surface area contributed by atoms with Crippen molar-refractivity contribution >= 4 is 38.9 Å². The Bertz CT molecular complexity index is 637. The quantitative estimate of drug-likeness (QED) is 0.669. The van der Waals surface area contributed by atoms with Crippen molar-refractivity contribution in [3.05, 3.63) is 17.1 Å². The number of methoxy groups -OCH3 is 1. The third kappa shape index (κ3) is 2.85. The van der Waals surface area contributed by atoms with Crippen molar-refractivity contribution in [3.63, 3.8) is 0 Å². The molecule has 108 valence electrons. The minimum Gasteiger partial charge on any atom is -0.467 e. The summed E-state index contributed by atoms with van der Waals surface area (Å²) in [4.78, 5) is 16.2. The lowest BCUT2D eigenvalue weighted by Gasteiger charge is -2.21. The van der Waals surface area contributed by atoms with Gasteiger partial charge in [-0.15, -0.1) is 11.3 Å². The fourth-order valence-electron chi connectivity index (χ4n) is 2.02. The maximum atomic E-state index is 11.8. The van der Waals surface area contributed by atoms with E-state index in [1.807, 2.05) is 32.9 Å². The van der Waals surface area contributed by atoms with Gasteiger partial charge < -0.3 is 15.8 Å². The predicted octanol–water partition coefficient (Wildman–Crippen LogP) is 2.80. The van der Waals surface area contributed by atoms with Gasteiger partial charge in [0.1, 0.15) is 6.04 Å². The number of ether oxygens (including phenoxy) is 1. The number of benzene rings is 1. The molecule has 6 heteroatoms. The lowest BCUT2D eigenvalue weighted by atomic mass is 10.0. The highest BCUT2D eigenvalue weighted by Crippen LogP contribution is 2.30. The Balaban J connectivity index is 2.36. The topological polar surface area (TPSA) is 77.2 Å². The second-order valence-corrected chi connectivity index (χ2v) is 6.26. The molecule has 20 heavy (non-hydrogen) atoms. The highest BCUT2D eigenvalue weighted by Gasteiger charge is 2.23. The van der Waals surface area contributed by atoms with Gasteiger partial charge in [0.15, 0.2) is 0 Å². The number of hydrogen-bond acceptors (Lipinski definition) is 6. The number of nitrogen functional groups attached to an aromatic ring is 1. The monoisotopic (exact) mass is 293 g/mol. The first-order valence-corrected chi connectivity index (χ1v) is 7.25. The van der Waals surface area contributed by atoms with E-state index in [0.717, 1.165) is 15.2 Å². The van der Waals surface area contributed by atoms with Gasteiger partial charge in [-0.1, -0.05) is 13.8 Å². The van der Waals surface area contributed by atoms with Gasteiger partial charge in [-0.05, 0) is 25.0 Å². The number of nitrogens with one attached hydrogen (secondary N) is 1. The smallest absolute Gasteiger partial charge is 0.328 e. The standard InChI is InChI=1S/C14H19N3O2S/c1-7(2)13(14(18)19-4)17-10-6-11-12(5-9(10)15)20-8(3)16-11/h5-7,13,17H,15H2,1-4H3. The number of hydrogen-bond donors (Lipinski definition) is 2. The highest BCUT2D eigenvalue weighted by atomic mass is 32.1. The van der Waals surface area contributed by atoms with E-state index in [1.54, 1.807) is 11.3 Å². The van der Waals surface area contributed by atoms with Crippen molar-refractivity contribution in [1.29, 1.82) is 0 Å². The van der Waals surface area contributed by atoms with E-state index in [4.69, 9.17) is 10.5 Å². The van der Waals surface area contributed by atoms with Crippen molar-refractivity contribution in [2.75, 3.05) is 18.2 Å². The lowest BCUT2D eigenvalue weighted by Crippen LogP contribution is -2.35. The van der Waals surface area contributed by atoms with Crippen LogP contribution in [0.2, 0.25) is 0 Å². The molecule has 5 nitrogen and oxygen atoms in total. The summed E-state index contributed by atoms with van der Waals surface area (Å²) in [5.74, 6) is -0.205. The van der Waals surface area contributed by atoms with Crippen LogP contribution in [0.15, 0.2) is 12.1 Å². The second kappa shape index (κ2) is 5.66. The highest BCUT2D eigenvalue weighted by molar-refractivity contribution is 7.18. The molecule has 0 aliphatic heterocycles. The lowest BCUT2D eigenvalue weighted by molar-refractivity contribution is -0.142. The van der Waals surface area contributed by atoms with E-state index in [0.29, 0.717) is 11.4 Å². The number of aromatic nitrogens is 1. The molecule has 0 saturated heterocycles. The first-order valence-electron chi connectivity index (χ1n) is 6.43. The molecule has 0 saturated carbocycles. The largest absolute Gasteiger partial charge is 0.467 e. The summed E-state index contributed by atoms with van der Waals surface area (Å²) in [6.07, 6.45) is 0. The van der Waals surface area contributed by atoms with Gasteiger partial charge >= 0.3 is 5.97 Å². The van der Waals surface area contributed by atoms with Gasteiger partial charge in [0, 0.05) is 0 Å². The first kappa shape index (κ1) is 14.6. The number of carbonyl (C=O) groups excluding carboxylic acids is 1. The molecule has 0 aliphatic carbocycles. The molecule has 0 amide bonds. The number of anilines is 2. The molecular weight excluding hydrogens is 274 g/mol. The molecule has 1 aromatic carbocycles. The van der Waals surface area contributed by atoms with Gasteiger partial charge in [-0.25, -0.2) is 9.78 Å². The van der Waals surface area contributed by atoms with E-state index >= 15 is 0 Å². The Morgan fingerprint density at radius 3 is 2.75 bits per heavy atom. The zero-order chi connectivity index (χ0) is 14.9. The van der Waals surface area contributed by atoms with E-state index < -0.39 is 6.04 Å². The Hall–Kier alpha value is -1.82. The fraction of sp³-hybridized carbons (Fsp3) is 0.429. The Kier molecular flexibility index (Phi) is 4.13. The fourth-order valence-corrected chi connectivity index (χ4v) is 2.88. The van der Waals surface area contributed by atoms with Gasteiger partial charge in [0.2, 0.25) is 0 Å². The van der Waals surface area contributed by atoms with Crippen LogP contribution in [0.1, 0.15) is 18.9 Å². The minimum absolute atomic E-state index is 0.0923. The van der Waals surface area contributed by atoms with Crippen LogP contribution in [-0.2, 0) is 9.53 Å². The summed E-state index contributed by atoms with van der Waals surface area (Å²) in [7, 11) is 1.38. The average Bonchev–Trinajstić information content (AvgIpc) is 2.73.